The molecule has 1 amide bonds. The van der Waals surface area contributed by atoms with Crippen LogP contribution in [0.3, 0.4) is 0 Å². The third-order valence-corrected chi connectivity index (χ3v) is 5.38. The van der Waals surface area contributed by atoms with Crippen molar-refractivity contribution in [3.63, 3.8) is 0 Å². The monoisotopic (exact) mass is 387 g/mol. The third kappa shape index (κ3) is 4.38. The first-order valence-corrected chi connectivity index (χ1v) is 10.1. The van der Waals surface area contributed by atoms with Crippen LogP contribution in [0.25, 0.3) is 22.0 Å². The second kappa shape index (κ2) is 8.67. The molecule has 0 aliphatic carbocycles. The van der Waals surface area contributed by atoms with Gasteiger partial charge in [-0.1, -0.05) is 60.7 Å². The Morgan fingerprint density at radius 3 is 2.50 bits per heavy atom. The van der Waals surface area contributed by atoms with Crippen molar-refractivity contribution in [2.75, 3.05) is 6.54 Å². The van der Waals surface area contributed by atoms with Crippen molar-refractivity contribution in [3.8, 4) is 22.0 Å². The largest absolute Gasteiger partial charge is 0.354 e. The van der Waals surface area contributed by atoms with Gasteiger partial charge in [-0.2, -0.15) is 0 Å². The number of hydrogen-bond acceptors (Lipinski definition) is 3. The summed E-state index contributed by atoms with van der Waals surface area (Å²) in [5.74, 6) is 0.00761. The minimum Gasteiger partial charge on any atom is -0.354 e. The van der Waals surface area contributed by atoms with Gasteiger partial charge in [0.15, 0.2) is 0 Å². The second-order valence-electron chi connectivity index (χ2n) is 6.51. The summed E-state index contributed by atoms with van der Waals surface area (Å²) in [6, 6.07) is 24.3. The van der Waals surface area contributed by atoms with Crippen LogP contribution < -0.4 is 5.32 Å². The highest BCUT2D eigenvalue weighted by molar-refractivity contribution is 7.13. The van der Waals surface area contributed by atoms with Gasteiger partial charge >= 0.3 is 0 Å². The summed E-state index contributed by atoms with van der Waals surface area (Å²) in [5.41, 5.74) is 4.24. The molecule has 0 saturated carbocycles. The molecule has 0 aliphatic heterocycles. The number of rotatable bonds is 7. The minimum atomic E-state index is 0.00761. The van der Waals surface area contributed by atoms with E-state index in [0.717, 1.165) is 28.4 Å². The molecular formula is C23H21N3OS. The highest BCUT2D eigenvalue weighted by Crippen LogP contribution is 2.29. The van der Waals surface area contributed by atoms with Crippen LogP contribution in [0, 0.1) is 0 Å². The molecule has 0 atom stereocenters. The predicted octanol–water partition coefficient (Wildman–Crippen LogP) is 4.64. The summed E-state index contributed by atoms with van der Waals surface area (Å²) < 4.78 is 1.95. The number of carbonyl (C=O) groups excluding carboxylic acids is 1. The van der Waals surface area contributed by atoms with Gasteiger partial charge in [0.05, 0.1) is 11.4 Å². The van der Waals surface area contributed by atoms with Gasteiger partial charge in [0, 0.05) is 23.7 Å². The molecule has 2 heterocycles. The van der Waals surface area contributed by atoms with Crippen LogP contribution in [-0.4, -0.2) is 22.0 Å². The van der Waals surface area contributed by atoms with Gasteiger partial charge < -0.3 is 9.88 Å². The molecule has 0 unspecified atom stereocenters. The lowest BCUT2D eigenvalue weighted by molar-refractivity contribution is -0.121. The van der Waals surface area contributed by atoms with Crippen LogP contribution in [-0.2, 0) is 17.8 Å². The van der Waals surface area contributed by atoms with Gasteiger partial charge in [-0.25, -0.2) is 4.98 Å². The first-order valence-electron chi connectivity index (χ1n) is 9.27. The number of hydrogen-bond donors (Lipinski definition) is 1. The van der Waals surface area contributed by atoms with Crippen molar-refractivity contribution in [2.45, 2.75) is 13.0 Å². The average molecular weight is 388 g/mol. The van der Waals surface area contributed by atoms with Gasteiger partial charge in [0.25, 0.3) is 0 Å². The van der Waals surface area contributed by atoms with Crippen molar-refractivity contribution in [2.24, 2.45) is 0 Å². The summed E-state index contributed by atoms with van der Waals surface area (Å²) in [4.78, 5) is 17.1. The van der Waals surface area contributed by atoms with Crippen molar-refractivity contribution >= 4 is 17.2 Å². The van der Waals surface area contributed by atoms with E-state index >= 15 is 0 Å². The molecule has 4 aromatic rings. The fourth-order valence-corrected chi connectivity index (χ4v) is 3.95. The fourth-order valence-electron chi connectivity index (χ4n) is 3.08. The zero-order chi connectivity index (χ0) is 19.2. The lowest BCUT2D eigenvalue weighted by Crippen LogP contribution is -2.29. The maximum Gasteiger partial charge on any atom is 0.239 e. The van der Waals surface area contributed by atoms with Gasteiger partial charge in [-0.05, 0) is 24.1 Å². The van der Waals surface area contributed by atoms with Crippen LogP contribution >= 0.6 is 11.3 Å². The maximum absolute atomic E-state index is 12.4. The molecule has 1 N–H and O–H groups in total. The van der Waals surface area contributed by atoms with E-state index in [0.29, 0.717) is 6.54 Å². The highest BCUT2D eigenvalue weighted by Gasteiger charge is 2.12. The SMILES string of the molecule is O=C(Cn1cccc1-c1nc(-c2ccccc2)cs1)NCCc1ccccc1. The Morgan fingerprint density at radius 1 is 0.964 bits per heavy atom. The van der Waals surface area contributed by atoms with Crippen molar-refractivity contribution < 1.29 is 4.79 Å². The predicted molar refractivity (Wildman–Crippen MR) is 114 cm³/mol. The normalized spacial score (nSPS) is 10.7. The number of amides is 1. The number of aromatic nitrogens is 2. The zero-order valence-electron chi connectivity index (χ0n) is 15.4. The first kappa shape index (κ1) is 18.2. The Morgan fingerprint density at radius 2 is 1.71 bits per heavy atom. The van der Waals surface area contributed by atoms with E-state index in [9.17, 15) is 4.79 Å². The molecule has 0 bridgehead atoms. The topological polar surface area (TPSA) is 46.9 Å². The Bertz CT molecular complexity index is 1040. The van der Waals surface area contributed by atoms with E-state index in [1.54, 1.807) is 11.3 Å². The quantitative estimate of drug-likeness (QED) is 0.502. The molecule has 28 heavy (non-hydrogen) atoms. The molecule has 4 nitrogen and oxygen atoms in total. The van der Waals surface area contributed by atoms with Gasteiger partial charge in [0.2, 0.25) is 5.91 Å². The van der Waals surface area contributed by atoms with Crippen LogP contribution in [0.5, 0.6) is 0 Å². The molecular weight excluding hydrogens is 366 g/mol. The van der Waals surface area contributed by atoms with E-state index in [4.69, 9.17) is 4.98 Å². The molecule has 5 heteroatoms. The van der Waals surface area contributed by atoms with Gasteiger partial charge in [-0.3, -0.25) is 4.79 Å². The van der Waals surface area contributed by atoms with Crippen LogP contribution in [0.4, 0.5) is 0 Å². The Labute approximate surface area is 168 Å². The molecule has 4 rings (SSSR count). The standard InChI is InChI=1S/C23H21N3OS/c27-22(24-14-13-18-8-3-1-4-9-18)16-26-15-7-12-21(26)23-25-20(17-28-23)19-10-5-2-6-11-19/h1-12,15,17H,13-14,16H2,(H,24,27). The van der Waals surface area contributed by atoms with Crippen molar-refractivity contribution in [1.29, 1.82) is 0 Å². The molecule has 140 valence electrons. The van der Waals surface area contributed by atoms with Crippen LogP contribution in [0.15, 0.2) is 84.4 Å². The molecule has 0 fully saturated rings. The Hall–Kier alpha value is -3.18. The summed E-state index contributed by atoms with van der Waals surface area (Å²) in [6.07, 6.45) is 2.76. The maximum atomic E-state index is 12.4. The van der Waals surface area contributed by atoms with Crippen LogP contribution in [0.1, 0.15) is 5.56 Å². The van der Waals surface area contributed by atoms with Gasteiger partial charge in [-0.15, -0.1) is 11.3 Å². The third-order valence-electron chi connectivity index (χ3n) is 4.52. The number of nitrogens with one attached hydrogen (secondary N) is 1. The molecule has 0 spiro atoms. The lowest BCUT2D eigenvalue weighted by Gasteiger charge is -2.09. The smallest absolute Gasteiger partial charge is 0.239 e. The Balaban J connectivity index is 1.39. The number of benzene rings is 2. The number of carbonyl (C=O) groups is 1. The molecule has 2 aromatic carbocycles. The molecule has 0 saturated heterocycles. The fraction of sp³-hybridized carbons (Fsp3) is 0.130. The number of nitrogens with zero attached hydrogens (tertiary/aromatic N) is 2. The molecule has 2 aromatic heterocycles. The average Bonchev–Trinajstić information content (AvgIpc) is 3.39. The molecule has 0 aliphatic rings. The Kier molecular flexibility index (Phi) is 5.64. The zero-order valence-corrected chi connectivity index (χ0v) is 16.2. The lowest BCUT2D eigenvalue weighted by atomic mass is 10.1. The van der Waals surface area contributed by atoms with Crippen molar-refractivity contribution in [1.82, 2.24) is 14.9 Å². The van der Waals surface area contributed by atoms with Crippen molar-refractivity contribution in [3.05, 3.63) is 89.9 Å². The summed E-state index contributed by atoms with van der Waals surface area (Å²) in [6.45, 7) is 0.923. The van der Waals surface area contributed by atoms with E-state index in [1.807, 2.05) is 59.3 Å². The van der Waals surface area contributed by atoms with Crippen LogP contribution in [0.2, 0.25) is 0 Å². The highest BCUT2D eigenvalue weighted by atomic mass is 32.1. The van der Waals surface area contributed by atoms with Gasteiger partial charge in [0.1, 0.15) is 11.6 Å². The number of thiazole rings is 1. The first-order chi connectivity index (χ1) is 13.8. The summed E-state index contributed by atoms with van der Waals surface area (Å²) in [5, 5.41) is 5.98. The second-order valence-corrected chi connectivity index (χ2v) is 7.37. The van der Waals surface area contributed by atoms with E-state index in [1.165, 1.54) is 5.56 Å². The minimum absolute atomic E-state index is 0.00761. The van der Waals surface area contributed by atoms with E-state index in [-0.39, 0.29) is 12.5 Å². The summed E-state index contributed by atoms with van der Waals surface area (Å²) >= 11 is 1.59. The summed E-state index contributed by atoms with van der Waals surface area (Å²) in [7, 11) is 0. The molecule has 0 radical (unpaired) electrons. The van der Waals surface area contributed by atoms with E-state index < -0.39 is 0 Å². The van der Waals surface area contributed by atoms with E-state index in [2.05, 4.69) is 35.0 Å².